The molecule has 0 saturated carbocycles. The average molecular weight is 582 g/mol. The molecule has 2 aliphatic heterocycles. The fourth-order valence-electron chi connectivity index (χ4n) is 6.03. The summed E-state index contributed by atoms with van der Waals surface area (Å²) in [5, 5.41) is 10.1. The van der Waals surface area contributed by atoms with Crippen LogP contribution in [0, 0.1) is 0 Å². The lowest BCUT2D eigenvalue weighted by molar-refractivity contribution is -0.141. The molecule has 0 atom stereocenters. The number of carboxylic acids is 1. The number of piperidine rings is 1. The van der Waals surface area contributed by atoms with Gasteiger partial charge in [0.1, 0.15) is 11.9 Å². The number of anilines is 1. The van der Waals surface area contributed by atoms with Crippen molar-refractivity contribution in [2.24, 2.45) is 7.05 Å². The van der Waals surface area contributed by atoms with Crippen molar-refractivity contribution in [2.75, 3.05) is 31.2 Å². The second kappa shape index (κ2) is 11.2. The van der Waals surface area contributed by atoms with Gasteiger partial charge in [0.15, 0.2) is 5.69 Å². The number of aryl methyl sites for hydroxylation is 1. The van der Waals surface area contributed by atoms with Gasteiger partial charge in [-0.2, -0.15) is 13.2 Å². The molecule has 0 radical (unpaired) electrons. The number of aromatic carboxylic acids is 1. The number of carboxylic acid groups (broad SMARTS) is 1. The molecule has 3 aromatic heterocycles. The van der Waals surface area contributed by atoms with E-state index in [4.69, 9.17) is 9.47 Å². The van der Waals surface area contributed by atoms with E-state index in [0.29, 0.717) is 43.3 Å². The van der Waals surface area contributed by atoms with E-state index < -0.39 is 23.4 Å². The molecule has 2 saturated heterocycles. The van der Waals surface area contributed by atoms with Crippen LogP contribution in [0.25, 0.3) is 22.2 Å². The SMILES string of the molecule is Cn1c(C2CCOCC2)c(-c2ccc(C(=O)O)c(C(F)(F)F)n2)c2ccc(OC3CCN(c4ncccn4)CC3)cc21. The molecule has 0 amide bonds. The maximum atomic E-state index is 13.9. The van der Waals surface area contributed by atoms with Crippen molar-refractivity contribution in [2.45, 2.75) is 43.9 Å². The van der Waals surface area contributed by atoms with Crippen LogP contribution in [-0.4, -0.2) is 63.0 Å². The number of benzene rings is 1. The summed E-state index contributed by atoms with van der Waals surface area (Å²) in [6, 6.07) is 9.76. The van der Waals surface area contributed by atoms with Crippen LogP contribution in [-0.2, 0) is 18.0 Å². The van der Waals surface area contributed by atoms with Gasteiger partial charge in [-0.05, 0) is 43.2 Å². The standard InChI is InChI=1S/C30H30F3N5O4/c1-37-24-17-20(42-19-7-13-38(14-8-19)29-34-11-2-12-35-29)3-4-21(24)25(26(37)18-9-15-41-16-10-18)23-6-5-22(28(39)40)27(36-23)30(31,32)33/h2-6,11-12,17-19H,7-10,13-16H2,1H3,(H,39,40). The summed E-state index contributed by atoms with van der Waals surface area (Å²) in [5.74, 6) is -0.260. The van der Waals surface area contributed by atoms with Crippen LogP contribution in [0.3, 0.4) is 0 Å². The lowest BCUT2D eigenvalue weighted by atomic mass is 9.91. The quantitative estimate of drug-likeness (QED) is 0.310. The summed E-state index contributed by atoms with van der Waals surface area (Å²) in [4.78, 5) is 26.2. The Labute approximate surface area is 239 Å². The predicted molar refractivity (Wildman–Crippen MR) is 149 cm³/mol. The zero-order valence-corrected chi connectivity index (χ0v) is 23.0. The third-order valence-electron chi connectivity index (χ3n) is 8.06. The summed E-state index contributed by atoms with van der Waals surface area (Å²) in [7, 11) is 1.90. The summed E-state index contributed by atoms with van der Waals surface area (Å²) < 4.78 is 55.6. The van der Waals surface area contributed by atoms with Crippen LogP contribution >= 0.6 is 0 Å². The third kappa shape index (κ3) is 5.38. The van der Waals surface area contributed by atoms with Gasteiger partial charge < -0.3 is 24.0 Å². The molecular formula is C30H30F3N5O4. The van der Waals surface area contributed by atoms with Crippen molar-refractivity contribution < 1.29 is 32.5 Å². The molecule has 220 valence electrons. The first-order valence-corrected chi connectivity index (χ1v) is 13.9. The summed E-state index contributed by atoms with van der Waals surface area (Å²) in [6.45, 7) is 2.62. The molecule has 5 heterocycles. The molecule has 6 rings (SSSR count). The van der Waals surface area contributed by atoms with Crippen molar-refractivity contribution >= 4 is 22.8 Å². The van der Waals surface area contributed by atoms with Crippen molar-refractivity contribution in [1.29, 1.82) is 0 Å². The van der Waals surface area contributed by atoms with Crippen LogP contribution < -0.4 is 9.64 Å². The molecular weight excluding hydrogens is 551 g/mol. The number of ether oxygens (including phenoxy) is 2. The Kier molecular flexibility index (Phi) is 7.48. The third-order valence-corrected chi connectivity index (χ3v) is 8.06. The highest BCUT2D eigenvalue weighted by Gasteiger charge is 2.38. The molecule has 1 aromatic carbocycles. The summed E-state index contributed by atoms with van der Waals surface area (Å²) >= 11 is 0. The van der Waals surface area contributed by atoms with Gasteiger partial charge in [0.05, 0.1) is 16.8 Å². The lowest BCUT2D eigenvalue weighted by Crippen LogP contribution is -2.39. The molecule has 0 spiro atoms. The minimum Gasteiger partial charge on any atom is -0.490 e. The van der Waals surface area contributed by atoms with Crippen molar-refractivity contribution in [3.8, 4) is 17.0 Å². The fraction of sp³-hybridized carbons (Fsp3) is 0.400. The van der Waals surface area contributed by atoms with Gasteiger partial charge in [0, 0.05) is 87.2 Å². The second-order valence-corrected chi connectivity index (χ2v) is 10.6. The molecule has 1 N–H and O–H groups in total. The number of hydrogen-bond acceptors (Lipinski definition) is 7. The van der Waals surface area contributed by atoms with Gasteiger partial charge >= 0.3 is 12.1 Å². The maximum Gasteiger partial charge on any atom is 0.434 e. The van der Waals surface area contributed by atoms with Crippen molar-refractivity contribution in [3.63, 3.8) is 0 Å². The Hall–Kier alpha value is -4.19. The normalized spacial score (nSPS) is 17.1. The Balaban J connectivity index is 1.36. The molecule has 2 aliphatic rings. The highest BCUT2D eigenvalue weighted by atomic mass is 19.4. The first-order valence-electron chi connectivity index (χ1n) is 13.9. The average Bonchev–Trinajstić information content (AvgIpc) is 3.29. The van der Waals surface area contributed by atoms with Gasteiger partial charge in [0.2, 0.25) is 5.95 Å². The number of aromatic nitrogens is 4. The van der Waals surface area contributed by atoms with E-state index in [1.165, 1.54) is 6.07 Å². The molecule has 2 fully saturated rings. The largest absolute Gasteiger partial charge is 0.490 e. The smallest absolute Gasteiger partial charge is 0.434 e. The van der Waals surface area contributed by atoms with E-state index >= 15 is 0 Å². The molecule has 0 bridgehead atoms. The number of pyridine rings is 1. The molecule has 4 aromatic rings. The minimum atomic E-state index is -4.92. The number of hydrogen-bond donors (Lipinski definition) is 1. The van der Waals surface area contributed by atoms with Crippen LogP contribution in [0.4, 0.5) is 19.1 Å². The number of fused-ring (bicyclic) bond motifs is 1. The van der Waals surface area contributed by atoms with E-state index in [9.17, 15) is 23.1 Å². The number of nitrogens with zero attached hydrogens (tertiary/aromatic N) is 5. The Morgan fingerprint density at radius 1 is 1.05 bits per heavy atom. The highest BCUT2D eigenvalue weighted by Crippen LogP contribution is 2.43. The van der Waals surface area contributed by atoms with E-state index in [1.54, 1.807) is 18.5 Å². The molecule has 0 aliphatic carbocycles. The fourth-order valence-corrected chi connectivity index (χ4v) is 6.03. The zero-order valence-electron chi connectivity index (χ0n) is 23.0. The summed E-state index contributed by atoms with van der Waals surface area (Å²) in [5.41, 5.74) is 0.0320. The van der Waals surface area contributed by atoms with E-state index in [-0.39, 0.29) is 17.7 Å². The van der Waals surface area contributed by atoms with Crippen molar-refractivity contribution in [3.05, 3.63) is 65.7 Å². The second-order valence-electron chi connectivity index (χ2n) is 10.6. The highest BCUT2D eigenvalue weighted by molar-refractivity contribution is 5.99. The van der Waals surface area contributed by atoms with Gasteiger partial charge in [-0.1, -0.05) is 0 Å². The van der Waals surface area contributed by atoms with Crippen LogP contribution in [0.1, 0.15) is 53.3 Å². The Morgan fingerprint density at radius 3 is 2.43 bits per heavy atom. The molecule has 42 heavy (non-hydrogen) atoms. The first-order chi connectivity index (χ1) is 20.2. The molecule has 9 nitrogen and oxygen atoms in total. The van der Waals surface area contributed by atoms with Crippen LogP contribution in [0.2, 0.25) is 0 Å². The van der Waals surface area contributed by atoms with Gasteiger partial charge in [-0.3, -0.25) is 0 Å². The minimum absolute atomic E-state index is 0.00307. The van der Waals surface area contributed by atoms with E-state index in [2.05, 4.69) is 19.9 Å². The van der Waals surface area contributed by atoms with Crippen molar-refractivity contribution in [1.82, 2.24) is 19.5 Å². The first kappa shape index (κ1) is 28.0. The Morgan fingerprint density at radius 2 is 1.76 bits per heavy atom. The lowest BCUT2D eigenvalue weighted by Gasteiger charge is -2.32. The monoisotopic (exact) mass is 581 g/mol. The zero-order chi connectivity index (χ0) is 29.4. The maximum absolute atomic E-state index is 13.9. The number of alkyl halides is 3. The van der Waals surface area contributed by atoms with E-state index in [0.717, 1.165) is 48.6 Å². The van der Waals surface area contributed by atoms with Gasteiger partial charge in [-0.25, -0.2) is 19.7 Å². The van der Waals surface area contributed by atoms with E-state index in [1.807, 2.05) is 29.8 Å². The van der Waals surface area contributed by atoms with Crippen LogP contribution in [0.5, 0.6) is 5.75 Å². The number of carbonyl (C=O) groups is 1. The Bertz CT molecular complexity index is 1590. The van der Waals surface area contributed by atoms with Crippen LogP contribution in [0.15, 0.2) is 48.8 Å². The molecule has 12 heteroatoms. The van der Waals surface area contributed by atoms with Gasteiger partial charge in [-0.15, -0.1) is 0 Å². The van der Waals surface area contributed by atoms with Gasteiger partial charge in [0.25, 0.3) is 0 Å². The molecule has 0 unspecified atom stereocenters. The predicted octanol–water partition coefficient (Wildman–Crippen LogP) is 5.69. The topological polar surface area (TPSA) is 103 Å². The summed E-state index contributed by atoms with van der Waals surface area (Å²) in [6.07, 6.45) is 1.54. The number of rotatable bonds is 6. The number of halogens is 3.